The van der Waals surface area contributed by atoms with E-state index in [1.54, 1.807) is 14.2 Å². The third-order valence-corrected chi connectivity index (χ3v) is 4.38. The van der Waals surface area contributed by atoms with Gasteiger partial charge in [0.05, 0.1) is 14.2 Å². The molecule has 3 rings (SSSR count). The van der Waals surface area contributed by atoms with E-state index in [0.717, 1.165) is 5.56 Å². The maximum atomic E-state index is 12.0. The molecule has 0 N–H and O–H groups in total. The predicted octanol–water partition coefficient (Wildman–Crippen LogP) is 2.17. The first-order chi connectivity index (χ1) is 9.72. The van der Waals surface area contributed by atoms with Gasteiger partial charge in [0.25, 0.3) is 0 Å². The molecule has 6 nitrogen and oxygen atoms in total. The normalized spacial score (nSPS) is 17.7. The molecule has 1 aliphatic rings. The summed E-state index contributed by atoms with van der Waals surface area (Å²) in [5.41, 5.74) is 1.01. The number of carbonyl (C=O) groups excluding carboxylic acids is 1. The molecular weight excluding hydrogens is 278 g/mol. The molecule has 0 radical (unpaired) electrons. The molecule has 1 aromatic carbocycles. The van der Waals surface area contributed by atoms with Gasteiger partial charge in [-0.2, -0.15) is 0 Å². The van der Waals surface area contributed by atoms with Gasteiger partial charge in [0.1, 0.15) is 6.33 Å². The van der Waals surface area contributed by atoms with Crippen LogP contribution in [0.4, 0.5) is 0 Å². The molecular formula is C13H13N3O3S. The Morgan fingerprint density at radius 3 is 2.85 bits per heavy atom. The van der Waals surface area contributed by atoms with Crippen molar-refractivity contribution in [1.82, 2.24) is 14.8 Å². The number of rotatable bonds is 3. The SMILES string of the molecule is COc1ccc(C2CC(=O)n3cnnc3S2)cc1OC. The summed E-state index contributed by atoms with van der Waals surface area (Å²) in [5, 5.41) is 8.37. The standard InChI is InChI=1S/C13H13N3O3S/c1-18-9-4-3-8(5-10(9)19-2)11-6-12(17)16-7-14-15-13(16)20-11/h3-5,7,11H,6H2,1-2H3. The van der Waals surface area contributed by atoms with E-state index in [2.05, 4.69) is 10.2 Å². The van der Waals surface area contributed by atoms with Crippen LogP contribution in [-0.4, -0.2) is 34.9 Å². The number of hydrogen-bond donors (Lipinski definition) is 0. The highest BCUT2D eigenvalue weighted by molar-refractivity contribution is 7.99. The summed E-state index contributed by atoms with van der Waals surface area (Å²) in [4.78, 5) is 12.0. The van der Waals surface area contributed by atoms with Crippen LogP contribution in [0.25, 0.3) is 0 Å². The van der Waals surface area contributed by atoms with Crippen molar-refractivity contribution in [3.8, 4) is 11.5 Å². The highest BCUT2D eigenvalue weighted by Gasteiger charge is 2.28. The molecule has 20 heavy (non-hydrogen) atoms. The summed E-state index contributed by atoms with van der Waals surface area (Å²) in [7, 11) is 3.19. The van der Waals surface area contributed by atoms with Gasteiger partial charge in [-0.25, -0.2) is 4.57 Å². The van der Waals surface area contributed by atoms with Crippen molar-refractivity contribution in [3.63, 3.8) is 0 Å². The number of carbonyl (C=O) groups is 1. The zero-order valence-electron chi connectivity index (χ0n) is 11.1. The van der Waals surface area contributed by atoms with Crippen LogP contribution in [0.3, 0.4) is 0 Å². The number of methoxy groups -OCH3 is 2. The summed E-state index contributed by atoms with van der Waals surface area (Å²) >= 11 is 1.53. The summed E-state index contributed by atoms with van der Waals surface area (Å²) in [6.07, 6.45) is 1.86. The summed E-state index contributed by atoms with van der Waals surface area (Å²) in [6, 6.07) is 5.69. The van der Waals surface area contributed by atoms with E-state index in [1.807, 2.05) is 18.2 Å². The van der Waals surface area contributed by atoms with E-state index < -0.39 is 0 Å². The number of ether oxygens (including phenoxy) is 2. The van der Waals surface area contributed by atoms with Crippen molar-refractivity contribution in [2.75, 3.05) is 14.2 Å². The number of aromatic nitrogens is 3. The first-order valence-corrected chi connectivity index (χ1v) is 6.92. The molecule has 0 aliphatic carbocycles. The number of fused-ring (bicyclic) bond motifs is 1. The lowest BCUT2D eigenvalue weighted by molar-refractivity contribution is 0.0886. The van der Waals surface area contributed by atoms with Gasteiger partial charge in [-0.15, -0.1) is 10.2 Å². The van der Waals surface area contributed by atoms with E-state index in [9.17, 15) is 4.79 Å². The minimum absolute atomic E-state index is 0.00327. The highest BCUT2D eigenvalue weighted by Crippen LogP contribution is 2.42. The molecule has 7 heteroatoms. The molecule has 0 saturated carbocycles. The van der Waals surface area contributed by atoms with Gasteiger partial charge in [0.2, 0.25) is 5.91 Å². The predicted molar refractivity (Wildman–Crippen MR) is 73.4 cm³/mol. The average Bonchev–Trinajstić information content (AvgIpc) is 2.95. The van der Waals surface area contributed by atoms with Crippen LogP contribution in [0.15, 0.2) is 29.7 Å². The molecule has 0 saturated heterocycles. The van der Waals surface area contributed by atoms with Gasteiger partial charge >= 0.3 is 0 Å². The minimum atomic E-state index is 0.00327. The van der Waals surface area contributed by atoms with E-state index in [4.69, 9.17) is 9.47 Å². The largest absolute Gasteiger partial charge is 0.493 e. The molecule has 1 unspecified atom stereocenters. The second kappa shape index (κ2) is 5.16. The smallest absolute Gasteiger partial charge is 0.235 e. The Balaban J connectivity index is 1.93. The fraction of sp³-hybridized carbons (Fsp3) is 0.308. The van der Waals surface area contributed by atoms with Crippen LogP contribution < -0.4 is 9.47 Å². The summed E-state index contributed by atoms with van der Waals surface area (Å²) in [6.45, 7) is 0. The number of thioether (sulfide) groups is 1. The summed E-state index contributed by atoms with van der Waals surface area (Å²) < 4.78 is 12.0. The van der Waals surface area contributed by atoms with Crippen molar-refractivity contribution in [2.45, 2.75) is 16.8 Å². The van der Waals surface area contributed by atoms with Gasteiger partial charge in [-0.05, 0) is 17.7 Å². The van der Waals surface area contributed by atoms with E-state index >= 15 is 0 Å². The van der Waals surface area contributed by atoms with E-state index in [-0.39, 0.29) is 11.2 Å². The van der Waals surface area contributed by atoms with Crippen LogP contribution in [0, 0.1) is 0 Å². The van der Waals surface area contributed by atoms with E-state index in [0.29, 0.717) is 23.1 Å². The van der Waals surface area contributed by atoms with Crippen LogP contribution in [0.5, 0.6) is 11.5 Å². The lowest BCUT2D eigenvalue weighted by Crippen LogP contribution is -2.19. The molecule has 2 heterocycles. The fourth-order valence-electron chi connectivity index (χ4n) is 2.14. The Morgan fingerprint density at radius 1 is 1.30 bits per heavy atom. The molecule has 2 aromatic rings. The number of hydrogen-bond acceptors (Lipinski definition) is 6. The zero-order valence-corrected chi connectivity index (χ0v) is 11.9. The Bertz CT molecular complexity index is 656. The first-order valence-electron chi connectivity index (χ1n) is 6.04. The molecule has 0 spiro atoms. The zero-order chi connectivity index (χ0) is 14.1. The lowest BCUT2D eigenvalue weighted by Gasteiger charge is -2.21. The van der Waals surface area contributed by atoms with Crippen LogP contribution in [-0.2, 0) is 0 Å². The third-order valence-electron chi connectivity index (χ3n) is 3.17. The quantitative estimate of drug-likeness (QED) is 0.863. The van der Waals surface area contributed by atoms with Gasteiger partial charge in [0.15, 0.2) is 16.7 Å². The molecule has 1 aromatic heterocycles. The van der Waals surface area contributed by atoms with Gasteiger partial charge < -0.3 is 9.47 Å². The maximum absolute atomic E-state index is 12.0. The molecule has 1 atom stereocenters. The first kappa shape index (κ1) is 13.0. The molecule has 1 aliphatic heterocycles. The Hall–Kier alpha value is -2.02. The van der Waals surface area contributed by atoms with E-state index in [1.165, 1.54) is 22.7 Å². The second-order valence-corrected chi connectivity index (χ2v) is 5.47. The second-order valence-electron chi connectivity index (χ2n) is 4.30. The van der Waals surface area contributed by atoms with Crippen molar-refractivity contribution in [1.29, 1.82) is 0 Å². The van der Waals surface area contributed by atoms with Crippen LogP contribution in [0.1, 0.15) is 22.0 Å². The molecule has 0 fully saturated rings. The van der Waals surface area contributed by atoms with Gasteiger partial charge in [0, 0.05) is 11.7 Å². The molecule has 0 bridgehead atoms. The Morgan fingerprint density at radius 2 is 2.10 bits per heavy atom. The highest BCUT2D eigenvalue weighted by atomic mass is 32.2. The third kappa shape index (κ3) is 2.14. The Kier molecular flexibility index (Phi) is 3.35. The number of nitrogens with zero attached hydrogens (tertiary/aromatic N) is 3. The topological polar surface area (TPSA) is 66.2 Å². The monoisotopic (exact) mass is 291 g/mol. The van der Waals surface area contributed by atoms with Gasteiger partial charge in [-0.1, -0.05) is 17.8 Å². The van der Waals surface area contributed by atoms with Crippen LogP contribution >= 0.6 is 11.8 Å². The molecule has 0 amide bonds. The van der Waals surface area contributed by atoms with Gasteiger partial charge in [-0.3, -0.25) is 4.79 Å². The summed E-state index contributed by atoms with van der Waals surface area (Å²) in [5.74, 6) is 1.33. The maximum Gasteiger partial charge on any atom is 0.235 e. The number of benzene rings is 1. The fourth-order valence-corrected chi connectivity index (χ4v) is 3.26. The minimum Gasteiger partial charge on any atom is -0.493 e. The lowest BCUT2D eigenvalue weighted by atomic mass is 10.1. The van der Waals surface area contributed by atoms with Crippen molar-refractivity contribution in [3.05, 3.63) is 30.1 Å². The van der Waals surface area contributed by atoms with Crippen molar-refractivity contribution < 1.29 is 14.3 Å². The Labute approximate surface area is 120 Å². The van der Waals surface area contributed by atoms with Crippen molar-refractivity contribution >= 4 is 17.7 Å². The average molecular weight is 291 g/mol. The van der Waals surface area contributed by atoms with Crippen LogP contribution in [0.2, 0.25) is 0 Å². The van der Waals surface area contributed by atoms with Crippen molar-refractivity contribution in [2.24, 2.45) is 0 Å². The molecule has 104 valence electrons.